The fourth-order valence-corrected chi connectivity index (χ4v) is 3.69. The van der Waals surface area contributed by atoms with E-state index in [2.05, 4.69) is 11.4 Å². The van der Waals surface area contributed by atoms with Gasteiger partial charge in [0.05, 0.1) is 5.54 Å². The van der Waals surface area contributed by atoms with Gasteiger partial charge in [0.1, 0.15) is 5.92 Å². The van der Waals surface area contributed by atoms with Gasteiger partial charge in [0.15, 0.2) is 0 Å². The Balaban J connectivity index is 1.72. The van der Waals surface area contributed by atoms with E-state index in [1.165, 1.54) is 0 Å². The van der Waals surface area contributed by atoms with E-state index in [1.54, 1.807) is 4.90 Å². The van der Waals surface area contributed by atoms with Gasteiger partial charge in [-0.1, -0.05) is 6.07 Å². The van der Waals surface area contributed by atoms with Gasteiger partial charge >= 0.3 is 0 Å². The minimum absolute atomic E-state index is 0.104. The summed E-state index contributed by atoms with van der Waals surface area (Å²) >= 11 is 0. The van der Waals surface area contributed by atoms with E-state index in [0.29, 0.717) is 25.4 Å². The largest absolute Gasteiger partial charge is 0.349 e. The number of amides is 2. The van der Waals surface area contributed by atoms with E-state index in [1.807, 2.05) is 32.9 Å². The highest BCUT2D eigenvalue weighted by atomic mass is 16.2. The third-order valence-electron chi connectivity index (χ3n) is 5.35. The Bertz CT molecular complexity index is 648. The van der Waals surface area contributed by atoms with Gasteiger partial charge in [-0.15, -0.1) is 0 Å². The zero-order chi connectivity index (χ0) is 17.5. The van der Waals surface area contributed by atoms with Crippen molar-refractivity contribution in [2.45, 2.75) is 45.6 Å². The van der Waals surface area contributed by atoms with Crippen molar-refractivity contribution in [3.8, 4) is 0 Å². The van der Waals surface area contributed by atoms with Crippen molar-refractivity contribution in [1.82, 2.24) is 5.32 Å². The van der Waals surface area contributed by atoms with E-state index >= 15 is 0 Å². The highest BCUT2D eigenvalue weighted by molar-refractivity contribution is 6.09. The lowest BCUT2D eigenvalue weighted by Gasteiger charge is -2.30. The number of nitrogens with two attached hydrogens (primary N) is 1. The summed E-state index contributed by atoms with van der Waals surface area (Å²) in [5, 5.41) is 3.06. The molecule has 0 bridgehead atoms. The first-order valence-electron chi connectivity index (χ1n) is 8.76. The molecule has 1 aliphatic heterocycles. The zero-order valence-electron chi connectivity index (χ0n) is 14.8. The van der Waals surface area contributed by atoms with E-state index in [4.69, 9.17) is 5.73 Å². The van der Waals surface area contributed by atoms with Crippen molar-refractivity contribution in [3.05, 3.63) is 29.3 Å². The molecule has 0 radical (unpaired) electrons. The molecule has 1 aromatic carbocycles. The molecule has 130 valence electrons. The van der Waals surface area contributed by atoms with E-state index in [-0.39, 0.29) is 17.4 Å². The van der Waals surface area contributed by atoms with Crippen molar-refractivity contribution in [1.29, 1.82) is 0 Å². The van der Waals surface area contributed by atoms with E-state index < -0.39 is 5.92 Å². The molecule has 1 aliphatic carbocycles. The first-order chi connectivity index (χ1) is 11.3. The molecule has 5 nitrogen and oxygen atoms in total. The normalized spacial score (nSPS) is 23.2. The number of nitrogens with zero attached hydrogens (tertiary/aromatic N) is 1. The molecule has 1 saturated carbocycles. The predicted octanol–water partition coefficient (Wildman–Crippen LogP) is 1.90. The summed E-state index contributed by atoms with van der Waals surface area (Å²) in [6, 6.07) is 6.08. The second kappa shape index (κ2) is 6.20. The van der Waals surface area contributed by atoms with Gasteiger partial charge in [0, 0.05) is 18.8 Å². The number of anilines is 1. The number of hydrogen-bond donors (Lipinski definition) is 2. The van der Waals surface area contributed by atoms with Gasteiger partial charge in [0.2, 0.25) is 11.8 Å². The molecule has 3 N–H and O–H groups in total. The van der Waals surface area contributed by atoms with E-state index in [0.717, 1.165) is 29.7 Å². The van der Waals surface area contributed by atoms with Crippen molar-refractivity contribution in [2.75, 3.05) is 18.0 Å². The molecule has 2 atom stereocenters. The maximum Gasteiger partial charge on any atom is 0.239 e. The van der Waals surface area contributed by atoms with Crippen molar-refractivity contribution in [2.24, 2.45) is 17.6 Å². The Morgan fingerprint density at radius 1 is 1.25 bits per heavy atom. The van der Waals surface area contributed by atoms with Crippen molar-refractivity contribution in [3.63, 3.8) is 0 Å². The third-order valence-corrected chi connectivity index (χ3v) is 5.35. The molecule has 2 fully saturated rings. The van der Waals surface area contributed by atoms with Gasteiger partial charge in [-0.05, 0) is 69.2 Å². The lowest BCUT2D eigenvalue weighted by atomic mass is 9.94. The van der Waals surface area contributed by atoms with Crippen molar-refractivity contribution >= 4 is 17.5 Å². The quantitative estimate of drug-likeness (QED) is 0.810. The average Bonchev–Trinajstić information content (AvgIpc) is 3.29. The summed E-state index contributed by atoms with van der Waals surface area (Å²) in [6.45, 7) is 7.02. The number of nitrogens with one attached hydrogen (secondary N) is 1. The van der Waals surface area contributed by atoms with Gasteiger partial charge < -0.3 is 16.0 Å². The topological polar surface area (TPSA) is 75.4 Å². The van der Waals surface area contributed by atoms with Crippen LogP contribution in [0.2, 0.25) is 0 Å². The van der Waals surface area contributed by atoms with Gasteiger partial charge in [-0.2, -0.15) is 0 Å². The van der Waals surface area contributed by atoms with Crippen LogP contribution in [-0.2, 0) is 9.59 Å². The third kappa shape index (κ3) is 3.18. The van der Waals surface area contributed by atoms with Gasteiger partial charge in [0.25, 0.3) is 0 Å². The Morgan fingerprint density at radius 3 is 2.42 bits per heavy atom. The highest BCUT2D eigenvalue weighted by Crippen LogP contribution is 2.39. The molecule has 24 heavy (non-hydrogen) atoms. The highest BCUT2D eigenvalue weighted by Gasteiger charge is 2.45. The van der Waals surface area contributed by atoms with Crippen molar-refractivity contribution < 1.29 is 9.59 Å². The number of carbonyl (C=O) groups excluding carboxylic acids is 2. The van der Waals surface area contributed by atoms with Crippen LogP contribution in [0.1, 0.15) is 37.3 Å². The standard InChI is InChI=1S/C19H27N3O2/c1-12-8-13(2)10-15(9-12)22-7-6-16(18(22)24)17(23)21-19(3,11-20)14-4-5-14/h8-10,14,16H,4-7,11,20H2,1-3H3,(H,21,23). The van der Waals surface area contributed by atoms with Crippen LogP contribution in [0.5, 0.6) is 0 Å². The predicted molar refractivity (Wildman–Crippen MR) is 94.7 cm³/mol. The summed E-state index contributed by atoms with van der Waals surface area (Å²) in [7, 11) is 0. The number of carbonyl (C=O) groups is 2. The van der Waals surface area contributed by atoms with Crippen LogP contribution >= 0.6 is 0 Å². The first-order valence-corrected chi connectivity index (χ1v) is 8.76. The van der Waals surface area contributed by atoms with Crippen LogP contribution in [0.3, 0.4) is 0 Å². The van der Waals surface area contributed by atoms with Crippen LogP contribution in [0.15, 0.2) is 18.2 Å². The van der Waals surface area contributed by atoms with Crippen LogP contribution < -0.4 is 16.0 Å². The van der Waals surface area contributed by atoms with Crippen LogP contribution in [0.4, 0.5) is 5.69 Å². The summed E-state index contributed by atoms with van der Waals surface area (Å²) < 4.78 is 0. The second-order valence-electron chi connectivity index (χ2n) is 7.56. The Kier molecular flexibility index (Phi) is 4.38. The minimum Gasteiger partial charge on any atom is -0.349 e. The smallest absolute Gasteiger partial charge is 0.239 e. The Labute approximate surface area is 143 Å². The summed E-state index contributed by atoms with van der Waals surface area (Å²) in [5.74, 6) is -0.437. The van der Waals surface area contributed by atoms with Crippen LogP contribution in [0, 0.1) is 25.7 Å². The molecule has 1 heterocycles. The SMILES string of the molecule is Cc1cc(C)cc(N2CCC(C(=O)NC(C)(CN)C3CC3)C2=O)c1. The van der Waals surface area contributed by atoms with Gasteiger partial charge in [-0.3, -0.25) is 9.59 Å². The first kappa shape index (κ1) is 17.0. The van der Waals surface area contributed by atoms with Crippen LogP contribution in [0.25, 0.3) is 0 Å². The number of rotatable bonds is 5. The monoisotopic (exact) mass is 329 g/mol. The molecule has 2 aliphatic rings. The molecular weight excluding hydrogens is 302 g/mol. The molecule has 3 rings (SSSR count). The lowest BCUT2D eigenvalue weighted by Crippen LogP contribution is -2.55. The minimum atomic E-state index is -0.601. The Morgan fingerprint density at radius 2 is 1.88 bits per heavy atom. The number of benzene rings is 1. The molecule has 2 unspecified atom stereocenters. The number of hydrogen-bond acceptors (Lipinski definition) is 3. The molecule has 0 aromatic heterocycles. The Hall–Kier alpha value is -1.88. The molecule has 0 spiro atoms. The fourth-order valence-electron chi connectivity index (χ4n) is 3.69. The van der Waals surface area contributed by atoms with E-state index in [9.17, 15) is 9.59 Å². The maximum absolute atomic E-state index is 12.8. The maximum atomic E-state index is 12.8. The molecule has 1 saturated heterocycles. The van der Waals surface area contributed by atoms with Crippen LogP contribution in [-0.4, -0.2) is 30.4 Å². The molecular formula is C19H27N3O2. The fraction of sp³-hybridized carbons (Fsp3) is 0.579. The average molecular weight is 329 g/mol. The molecule has 1 aromatic rings. The summed E-state index contributed by atoms with van der Waals surface area (Å²) in [4.78, 5) is 27.2. The zero-order valence-corrected chi connectivity index (χ0v) is 14.8. The molecule has 2 amide bonds. The van der Waals surface area contributed by atoms with Gasteiger partial charge in [-0.25, -0.2) is 0 Å². The summed E-state index contributed by atoms with van der Waals surface area (Å²) in [5.41, 5.74) is 8.61. The molecule has 5 heteroatoms. The second-order valence-corrected chi connectivity index (χ2v) is 7.56. The summed E-state index contributed by atoms with van der Waals surface area (Å²) in [6.07, 6.45) is 2.76. The number of aryl methyl sites for hydroxylation is 2. The lowest BCUT2D eigenvalue weighted by molar-refractivity contribution is -0.133.